The fourth-order valence-electron chi connectivity index (χ4n) is 0.561. The summed E-state index contributed by atoms with van der Waals surface area (Å²) in [4.78, 5) is 3.74. The number of thiol groups is 1. The van der Waals surface area contributed by atoms with Gasteiger partial charge in [0.05, 0.1) is 11.8 Å². The molecular weight excluding hydrogens is 324 g/mol. The van der Waals surface area contributed by atoms with Gasteiger partial charge in [0.2, 0.25) is 0 Å². The molecule has 1 heterocycles. The standard InChI is InChI=1S/C6H6.C3H3NS.CH4O3S.H3NO2S/c1-2-4-6-5-3-1;1-2-5-3-4-1;1-5(2,3)4;1-4(2)3/h1-6H;1-3H;1H3,(H,2,3,4);4H,(H2,1,2,3). The first-order valence-corrected chi connectivity index (χ1v) is 8.91. The van der Waals surface area contributed by atoms with E-state index < -0.39 is 21.0 Å². The van der Waals surface area contributed by atoms with Gasteiger partial charge in [0.1, 0.15) is 0 Å². The van der Waals surface area contributed by atoms with E-state index in [1.54, 1.807) is 23.0 Å². The monoisotopic (exact) mass is 340 g/mol. The van der Waals surface area contributed by atoms with E-state index >= 15 is 0 Å². The van der Waals surface area contributed by atoms with Crippen LogP contribution in [0.2, 0.25) is 0 Å². The van der Waals surface area contributed by atoms with Gasteiger partial charge in [-0.25, -0.2) is 13.6 Å². The van der Waals surface area contributed by atoms with E-state index in [2.05, 4.69) is 10.1 Å². The highest BCUT2D eigenvalue weighted by Crippen LogP contribution is 1.85. The second-order valence-corrected chi connectivity index (χ2v) is 5.64. The van der Waals surface area contributed by atoms with Crippen molar-refractivity contribution in [2.24, 2.45) is 5.14 Å². The second-order valence-electron chi connectivity index (χ2n) is 2.85. The molecule has 1 aromatic carbocycles. The molecule has 2 aromatic rings. The first-order valence-electron chi connectivity index (χ1n) is 4.87. The number of nitrogens with two attached hydrogens (primary N) is 1. The molecule has 0 amide bonds. The Morgan fingerprint density at radius 1 is 1.10 bits per heavy atom. The molecule has 10 heteroatoms. The molecule has 0 bridgehead atoms. The van der Waals surface area contributed by atoms with Crippen LogP contribution in [0.4, 0.5) is 0 Å². The van der Waals surface area contributed by atoms with Crippen LogP contribution >= 0.6 is 11.3 Å². The lowest BCUT2D eigenvalue weighted by molar-refractivity contribution is 0.490. The van der Waals surface area contributed by atoms with Crippen LogP contribution in [0.3, 0.4) is 0 Å². The summed E-state index contributed by atoms with van der Waals surface area (Å²) in [5.74, 6) is 0. The number of benzene rings is 1. The molecular formula is C10H16N2O5S3. The van der Waals surface area contributed by atoms with Gasteiger partial charge < -0.3 is 0 Å². The summed E-state index contributed by atoms with van der Waals surface area (Å²) in [6, 6.07) is 12.0. The first-order chi connectivity index (χ1) is 9.23. The summed E-state index contributed by atoms with van der Waals surface area (Å²) in [6.45, 7) is 0. The Bertz CT molecular complexity index is 508. The highest BCUT2D eigenvalue weighted by molar-refractivity contribution is 7.85. The van der Waals surface area contributed by atoms with Crippen LogP contribution in [0.5, 0.6) is 0 Å². The number of hydrogen-bond donors (Lipinski definition) is 3. The lowest BCUT2D eigenvalue weighted by Crippen LogP contribution is -1.88. The zero-order valence-corrected chi connectivity index (χ0v) is 13.1. The molecule has 114 valence electrons. The summed E-state index contributed by atoms with van der Waals surface area (Å²) in [5.41, 5.74) is 1.79. The van der Waals surface area contributed by atoms with E-state index in [-0.39, 0.29) is 0 Å². The Morgan fingerprint density at radius 3 is 1.50 bits per heavy atom. The van der Waals surface area contributed by atoms with Crippen molar-refractivity contribution in [3.8, 4) is 0 Å². The van der Waals surface area contributed by atoms with Gasteiger partial charge in [-0.15, -0.1) is 11.3 Å². The SMILES string of the molecule is CS(=O)(=O)O.N[SH](=O)=O.c1ccccc1.c1cscn1. The van der Waals surface area contributed by atoms with Gasteiger partial charge in [0.15, 0.2) is 10.9 Å². The zero-order chi connectivity index (χ0) is 15.9. The van der Waals surface area contributed by atoms with E-state index in [0.717, 1.165) is 0 Å². The molecule has 0 aliphatic rings. The lowest BCUT2D eigenvalue weighted by Gasteiger charge is -1.69. The average molecular weight is 340 g/mol. The third-order valence-corrected chi connectivity index (χ3v) is 1.54. The van der Waals surface area contributed by atoms with Crippen molar-refractivity contribution in [3.05, 3.63) is 53.5 Å². The normalized spacial score (nSPS) is 9.00. The molecule has 0 atom stereocenters. The Hall–Kier alpha value is -1.33. The highest BCUT2D eigenvalue weighted by atomic mass is 32.2. The topological polar surface area (TPSA) is 127 Å². The average Bonchev–Trinajstić information content (AvgIpc) is 2.86. The smallest absolute Gasteiger partial charge is 0.261 e. The number of thiazole rings is 1. The minimum atomic E-state index is -3.67. The molecule has 2 rings (SSSR count). The molecule has 0 fully saturated rings. The molecule has 0 radical (unpaired) electrons. The lowest BCUT2D eigenvalue weighted by atomic mass is 10.4. The van der Waals surface area contributed by atoms with Crippen molar-refractivity contribution in [2.45, 2.75) is 0 Å². The summed E-state index contributed by atoms with van der Waals surface area (Å²) in [7, 11) is -6.29. The number of hydrogen-bond acceptors (Lipinski definition) is 6. The second kappa shape index (κ2) is 14.1. The van der Waals surface area contributed by atoms with Crippen LogP contribution in [0.25, 0.3) is 0 Å². The van der Waals surface area contributed by atoms with Crippen LogP contribution in [-0.2, 0) is 21.0 Å². The predicted molar refractivity (Wildman–Crippen MR) is 80.5 cm³/mol. The van der Waals surface area contributed by atoms with Gasteiger partial charge in [-0.05, 0) is 0 Å². The molecule has 0 saturated heterocycles. The van der Waals surface area contributed by atoms with Crippen molar-refractivity contribution < 1.29 is 21.4 Å². The highest BCUT2D eigenvalue weighted by Gasteiger charge is 1.81. The molecule has 7 nitrogen and oxygen atoms in total. The fraction of sp³-hybridized carbons (Fsp3) is 0.100. The van der Waals surface area contributed by atoms with Crippen molar-refractivity contribution >= 4 is 32.3 Å². The Morgan fingerprint density at radius 2 is 1.40 bits per heavy atom. The maximum Gasteiger partial charge on any atom is 0.261 e. The Labute approximate surface area is 123 Å². The van der Waals surface area contributed by atoms with Crippen molar-refractivity contribution in [3.63, 3.8) is 0 Å². The number of nitrogens with zero attached hydrogens (tertiary/aromatic N) is 1. The molecule has 0 aliphatic heterocycles. The van der Waals surface area contributed by atoms with Gasteiger partial charge >= 0.3 is 0 Å². The maximum atomic E-state index is 9.19. The minimum absolute atomic E-state index is 0.715. The maximum absolute atomic E-state index is 9.19. The van der Waals surface area contributed by atoms with E-state index in [0.29, 0.717) is 6.26 Å². The van der Waals surface area contributed by atoms with Gasteiger partial charge in [-0.1, -0.05) is 36.4 Å². The summed E-state index contributed by atoms with van der Waals surface area (Å²) in [5, 5.41) is 6.00. The van der Waals surface area contributed by atoms with Gasteiger partial charge in [-0.2, -0.15) is 8.42 Å². The molecule has 0 spiro atoms. The van der Waals surface area contributed by atoms with Crippen LogP contribution in [-0.4, -0.2) is 32.6 Å². The molecule has 0 unspecified atom stereocenters. The Kier molecular flexibility index (Phi) is 14.8. The van der Waals surface area contributed by atoms with Crippen molar-refractivity contribution in [1.29, 1.82) is 0 Å². The van der Waals surface area contributed by atoms with E-state index in [1.165, 1.54) is 0 Å². The molecule has 0 saturated carbocycles. The first kappa shape index (κ1) is 21.0. The molecule has 1 aromatic heterocycles. The van der Waals surface area contributed by atoms with E-state index in [9.17, 15) is 8.42 Å². The number of aromatic nitrogens is 1. The predicted octanol–water partition coefficient (Wildman–Crippen LogP) is 0.805. The quantitative estimate of drug-likeness (QED) is 0.481. The third kappa shape index (κ3) is 43.8. The third-order valence-electron chi connectivity index (χ3n) is 1.01. The largest absolute Gasteiger partial charge is 0.286 e. The molecule has 3 N–H and O–H groups in total. The summed E-state index contributed by atoms with van der Waals surface area (Å²) >= 11 is 1.60. The van der Waals surface area contributed by atoms with Crippen LogP contribution in [0.1, 0.15) is 0 Å². The number of rotatable bonds is 0. The van der Waals surface area contributed by atoms with Gasteiger partial charge in [0.25, 0.3) is 10.1 Å². The van der Waals surface area contributed by atoms with Gasteiger partial charge in [-0.3, -0.25) is 9.54 Å². The van der Waals surface area contributed by atoms with Crippen molar-refractivity contribution in [2.75, 3.05) is 6.26 Å². The zero-order valence-electron chi connectivity index (χ0n) is 10.6. The van der Waals surface area contributed by atoms with Crippen molar-refractivity contribution in [1.82, 2.24) is 4.98 Å². The fourth-order valence-corrected chi connectivity index (χ4v) is 0.912. The minimum Gasteiger partial charge on any atom is -0.286 e. The Balaban J connectivity index is 0. The molecule has 0 aliphatic carbocycles. The molecule has 20 heavy (non-hydrogen) atoms. The van der Waals surface area contributed by atoms with Crippen LogP contribution < -0.4 is 5.14 Å². The van der Waals surface area contributed by atoms with Crippen LogP contribution in [0, 0.1) is 0 Å². The summed E-state index contributed by atoms with van der Waals surface area (Å²) < 4.78 is 43.5. The van der Waals surface area contributed by atoms with E-state index in [4.69, 9.17) is 13.0 Å². The van der Waals surface area contributed by atoms with Crippen LogP contribution in [0.15, 0.2) is 53.5 Å². The van der Waals surface area contributed by atoms with E-state index in [1.807, 2.05) is 41.8 Å². The summed E-state index contributed by atoms with van der Waals surface area (Å²) in [6.07, 6.45) is 2.48. The van der Waals surface area contributed by atoms with Gasteiger partial charge in [0, 0.05) is 11.6 Å².